The normalized spacial score (nSPS) is 31.0. The summed E-state index contributed by atoms with van der Waals surface area (Å²) in [5.74, 6) is 0.878. The highest BCUT2D eigenvalue weighted by molar-refractivity contribution is 7.10. The lowest BCUT2D eigenvalue weighted by Gasteiger charge is -2.22. The Balaban J connectivity index is 1.71. The number of fused-ring (bicyclic) bond motifs is 1. The van der Waals surface area contributed by atoms with Gasteiger partial charge in [0.15, 0.2) is 0 Å². The van der Waals surface area contributed by atoms with Gasteiger partial charge in [0, 0.05) is 24.0 Å². The first-order chi connectivity index (χ1) is 7.34. The fourth-order valence-corrected chi connectivity index (χ4v) is 3.88. The van der Waals surface area contributed by atoms with Crippen LogP contribution in [0.5, 0.6) is 0 Å². The molecule has 2 nitrogen and oxygen atoms in total. The van der Waals surface area contributed by atoms with Gasteiger partial charge in [0.25, 0.3) is 0 Å². The molecule has 0 aromatic carbocycles. The lowest BCUT2D eigenvalue weighted by atomic mass is 10.1. The molecular weight excluding hydrogens is 228 g/mol. The van der Waals surface area contributed by atoms with Crippen LogP contribution in [0.2, 0.25) is 5.02 Å². The Labute approximate surface area is 99.2 Å². The molecule has 0 aliphatic carbocycles. The molecule has 2 atom stereocenters. The standard InChI is InChI=1S/C11H15ClN2S/c12-9-2-4-15-11(9)7-14-3-1-8-5-13-6-10(8)14/h2,4,8,10,13H,1,3,5-7H2. The van der Waals surface area contributed by atoms with Crippen LogP contribution < -0.4 is 5.32 Å². The maximum absolute atomic E-state index is 6.13. The maximum Gasteiger partial charge on any atom is 0.0558 e. The zero-order valence-electron chi connectivity index (χ0n) is 8.58. The summed E-state index contributed by atoms with van der Waals surface area (Å²) in [6, 6.07) is 2.75. The van der Waals surface area contributed by atoms with E-state index in [9.17, 15) is 0 Å². The molecule has 2 aliphatic rings. The molecule has 2 unspecified atom stereocenters. The second kappa shape index (κ2) is 4.06. The topological polar surface area (TPSA) is 15.3 Å². The van der Waals surface area contributed by atoms with Crippen LogP contribution in [0.3, 0.4) is 0 Å². The Hall–Kier alpha value is -0.0900. The van der Waals surface area contributed by atoms with Crippen molar-refractivity contribution in [2.24, 2.45) is 5.92 Å². The quantitative estimate of drug-likeness (QED) is 0.856. The monoisotopic (exact) mass is 242 g/mol. The predicted octanol–water partition coefficient (Wildman–Crippen LogP) is 2.20. The van der Waals surface area contributed by atoms with Crippen molar-refractivity contribution < 1.29 is 0 Å². The first-order valence-corrected chi connectivity index (χ1v) is 6.77. The van der Waals surface area contributed by atoms with Crippen LogP contribution in [0.15, 0.2) is 11.4 Å². The Morgan fingerprint density at radius 1 is 1.53 bits per heavy atom. The highest BCUT2D eigenvalue weighted by atomic mass is 35.5. The summed E-state index contributed by atoms with van der Waals surface area (Å²) in [7, 11) is 0. The molecule has 15 heavy (non-hydrogen) atoms. The molecule has 2 aliphatic heterocycles. The minimum Gasteiger partial charge on any atom is -0.315 e. The number of nitrogens with one attached hydrogen (secondary N) is 1. The summed E-state index contributed by atoms with van der Waals surface area (Å²) in [6.45, 7) is 4.65. The average Bonchev–Trinajstić information content (AvgIpc) is 2.86. The first-order valence-electron chi connectivity index (χ1n) is 5.51. The number of hydrogen-bond donors (Lipinski definition) is 1. The molecule has 4 heteroatoms. The Bertz CT molecular complexity index is 352. The van der Waals surface area contributed by atoms with E-state index in [-0.39, 0.29) is 0 Å². The van der Waals surface area contributed by atoms with E-state index in [2.05, 4.69) is 15.6 Å². The van der Waals surface area contributed by atoms with Gasteiger partial charge in [-0.2, -0.15) is 0 Å². The van der Waals surface area contributed by atoms with E-state index in [0.717, 1.165) is 30.1 Å². The molecule has 82 valence electrons. The van der Waals surface area contributed by atoms with E-state index in [1.165, 1.54) is 24.4 Å². The van der Waals surface area contributed by atoms with Gasteiger partial charge in [-0.1, -0.05) is 11.6 Å². The molecule has 3 rings (SSSR count). The number of rotatable bonds is 2. The van der Waals surface area contributed by atoms with Crippen molar-refractivity contribution in [1.82, 2.24) is 10.2 Å². The van der Waals surface area contributed by atoms with Crippen LogP contribution in [-0.4, -0.2) is 30.6 Å². The molecule has 3 heterocycles. The van der Waals surface area contributed by atoms with Crippen molar-refractivity contribution in [3.05, 3.63) is 21.3 Å². The summed E-state index contributed by atoms with van der Waals surface area (Å²) in [5.41, 5.74) is 0. The summed E-state index contributed by atoms with van der Waals surface area (Å²) in [6.07, 6.45) is 1.35. The Kier molecular flexibility index (Phi) is 2.73. The summed E-state index contributed by atoms with van der Waals surface area (Å²) >= 11 is 7.91. The predicted molar refractivity (Wildman–Crippen MR) is 64.5 cm³/mol. The van der Waals surface area contributed by atoms with Gasteiger partial charge in [-0.25, -0.2) is 0 Å². The van der Waals surface area contributed by atoms with Crippen LogP contribution in [0.25, 0.3) is 0 Å². The van der Waals surface area contributed by atoms with Gasteiger partial charge < -0.3 is 5.32 Å². The Morgan fingerprint density at radius 3 is 3.27 bits per heavy atom. The zero-order valence-corrected chi connectivity index (χ0v) is 10.2. The van der Waals surface area contributed by atoms with E-state index >= 15 is 0 Å². The largest absolute Gasteiger partial charge is 0.315 e. The molecule has 0 saturated carbocycles. The second-order valence-corrected chi connectivity index (χ2v) is 5.84. The highest BCUT2D eigenvalue weighted by Gasteiger charge is 2.37. The minimum atomic E-state index is 0.753. The van der Waals surface area contributed by atoms with Crippen LogP contribution in [0, 0.1) is 5.92 Å². The number of nitrogens with zero attached hydrogens (tertiary/aromatic N) is 1. The third-order valence-corrected chi connectivity index (χ3v) is 4.97. The van der Waals surface area contributed by atoms with Crippen LogP contribution in [-0.2, 0) is 6.54 Å². The number of thiophene rings is 1. The summed E-state index contributed by atoms with van der Waals surface area (Å²) in [4.78, 5) is 3.91. The number of hydrogen-bond acceptors (Lipinski definition) is 3. The van der Waals surface area contributed by atoms with Crippen molar-refractivity contribution in [3.63, 3.8) is 0 Å². The van der Waals surface area contributed by atoms with E-state index in [4.69, 9.17) is 11.6 Å². The zero-order chi connectivity index (χ0) is 10.3. The number of likely N-dealkylation sites (tertiary alicyclic amines) is 1. The van der Waals surface area contributed by atoms with Gasteiger partial charge in [0.1, 0.15) is 0 Å². The third-order valence-electron chi connectivity index (χ3n) is 3.60. The van der Waals surface area contributed by atoms with Crippen molar-refractivity contribution >= 4 is 22.9 Å². The molecule has 2 fully saturated rings. The van der Waals surface area contributed by atoms with Gasteiger partial charge in [-0.3, -0.25) is 4.90 Å². The molecule has 0 spiro atoms. The highest BCUT2D eigenvalue weighted by Crippen LogP contribution is 2.31. The van der Waals surface area contributed by atoms with Gasteiger partial charge in [-0.05, 0) is 36.9 Å². The minimum absolute atomic E-state index is 0.753. The molecular formula is C11H15ClN2S. The molecule has 2 saturated heterocycles. The summed E-state index contributed by atoms with van der Waals surface area (Å²) in [5, 5.41) is 6.50. The molecule has 1 N–H and O–H groups in total. The third kappa shape index (κ3) is 1.82. The smallest absolute Gasteiger partial charge is 0.0558 e. The Morgan fingerprint density at radius 2 is 2.47 bits per heavy atom. The van der Waals surface area contributed by atoms with Crippen LogP contribution in [0.1, 0.15) is 11.3 Å². The van der Waals surface area contributed by atoms with Crippen LogP contribution in [0.4, 0.5) is 0 Å². The van der Waals surface area contributed by atoms with Gasteiger partial charge in [-0.15, -0.1) is 11.3 Å². The molecule has 1 aromatic rings. The molecule has 0 bridgehead atoms. The second-order valence-electron chi connectivity index (χ2n) is 4.44. The lowest BCUT2D eigenvalue weighted by molar-refractivity contribution is 0.246. The maximum atomic E-state index is 6.13. The SMILES string of the molecule is Clc1ccsc1CN1CCC2CNCC21. The van der Waals surface area contributed by atoms with E-state index in [1.807, 2.05) is 6.07 Å². The van der Waals surface area contributed by atoms with Gasteiger partial charge in [0.05, 0.1) is 5.02 Å². The molecule has 0 radical (unpaired) electrons. The first kappa shape index (κ1) is 10.1. The van der Waals surface area contributed by atoms with Crippen molar-refractivity contribution in [1.29, 1.82) is 0 Å². The van der Waals surface area contributed by atoms with E-state index in [1.54, 1.807) is 11.3 Å². The van der Waals surface area contributed by atoms with Crippen LogP contribution >= 0.6 is 22.9 Å². The molecule has 0 amide bonds. The van der Waals surface area contributed by atoms with Gasteiger partial charge >= 0.3 is 0 Å². The van der Waals surface area contributed by atoms with E-state index in [0.29, 0.717) is 0 Å². The van der Waals surface area contributed by atoms with Crippen molar-refractivity contribution in [3.8, 4) is 0 Å². The van der Waals surface area contributed by atoms with Gasteiger partial charge in [0.2, 0.25) is 0 Å². The average molecular weight is 243 g/mol. The van der Waals surface area contributed by atoms with Crippen molar-refractivity contribution in [2.75, 3.05) is 19.6 Å². The molecule has 1 aromatic heterocycles. The number of halogens is 1. The fourth-order valence-electron chi connectivity index (χ4n) is 2.76. The van der Waals surface area contributed by atoms with E-state index < -0.39 is 0 Å². The fraction of sp³-hybridized carbons (Fsp3) is 0.636. The lowest BCUT2D eigenvalue weighted by Crippen LogP contribution is -2.33. The summed E-state index contributed by atoms with van der Waals surface area (Å²) < 4.78 is 0. The van der Waals surface area contributed by atoms with Crippen molar-refractivity contribution in [2.45, 2.75) is 19.0 Å².